The van der Waals surface area contributed by atoms with Gasteiger partial charge in [-0.25, -0.2) is 4.79 Å². The quantitative estimate of drug-likeness (QED) is 0.580. The highest BCUT2D eigenvalue weighted by Crippen LogP contribution is 2.19. The second kappa shape index (κ2) is 8.73. The molecule has 2 rings (SSSR count). The summed E-state index contributed by atoms with van der Waals surface area (Å²) in [6.45, 7) is 9.56. The third-order valence-electron chi connectivity index (χ3n) is 3.74. The number of ether oxygens (including phenoxy) is 1. The van der Waals surface area contributed by atoms with E-state index in [2.05, 4.69) is 37.2 Å². The van der Waals surface area contributed by atoms with Crippen molar-refractivity contribution in [1.82, 2.24) is 4.90 Å². The first-order valence-electron chi connectivity index (χ1n) is 8.79. The number of nitrogens with zero attached hydrogens (tertiary/aromatic N) is 1. The molecule has 1 atom stereocenters. The van der Waals surface area contributed by atoms with E-state index in [4.69, 9.17) is 4.74 Å². The Bertz CT molecular complexity index is 705. The molecule has 0 aliphatic carbocycles. The van der Waals surface area contributed by atoms with Gasteiger partial charge in [0.2, 0.25) is 0 Å². The van der Waals surface area contributed by atoms with Crippen LogP contribution in [-0.2, 0) is 4.74 Å². The predicted molar refractivity (Wildman–Crippen MR) is 107 cm³/mol. The molecule has 1 aromatic rings. The lowest BCUT2D eigenvalue weighted by Gasteiger charge is -2.31. The number of hydrogen-bond donors (Lipinski definition) is 0. The van der Waals surface area contributed by atoms with E-state index < -0.39 is 8.07 Å². The summed E-state index contributed by atoms with van der Waals surface area (Å²) in [5.41, 5.74) is 5.64. The zero-order valence-corrected chi connectivity index (χ0v) is 16.6. The van der Waals surface area contributed by atoms with Crippen LogP contribution < -0.4 is 0 Å². The molecule has 132 valence electrons. The van der Waals surface area contributed by atoms with Gasteiger partial charge in [-0.05, 0) is 25.0 Å². The van der Waals surface area contributed by atoms with Crippen LogP contribution >= 0.6 is 0 Å². The second-order valence-electron chi connectivity index (χ2n) is 7.09. The Morgan fingerprint density at radius 1 is 1.32 bits per heavy atom. The molecule has 1 aliphatic heterocycles. The summed E-state index contributed by atoms with van der Waals surface area (Å²) in [6, 6.07) is 9.97. The summed E-state index contributed by atoms with van der Waals surface area (Å²) in [7, 11) is -1.41. The first-order valence-corrected chi connectivity index (χ1v) is 12.3. The largest absolute Gasteiger partial charge is 0.450 e. The van der Waals surface area contributed by atoms with Gasteiger partial charge in [0, 0.05) is 12.1 Å². The van der Waals surface area contributed by atoms with Crippen molar-refractivity contribution < 1.29 is 9.53 Å². The molecule has 0 N–H and O–H groups in total. The molecule has 1 amide bonds. The maximum atomic E-state index is 12.3. The molecule has 0 fully saturated rings. The molecule has 3 nitrogen and oxygen atoms in total. The fraction of sp³-hybridized carbons (Fsp3) is 0.381. The highest BCUT2D eigenvalue weighted by atomic mass is 28.3. The number of hydrogen-bond acceptors (Lipinski definition) is 2. The van der Waals surface area contributed by atoms with Gasteiger partial charge in [0.1, 0.15) is 8.07 Å². The van der Waals surface area contributed by atoms with Gasteiger partial charge >= 0.3 is 6.09 Å². The summed E-state index contributed by atoms with van der Waals surface area (Å²) in [6.07, 6.45) is 6.70. The van der Waals surface area contributed by atoms with Crippen LogP contribution in [0.4, 0.5) is 4.79 Å². The molecule has 4 heteroatoms. The minimum Gasteiger partial charge on any atom is -0.450 e. The Balaban J connectivity index is 2.25. The van der Waals surface area contributed by atoms with Crippen LogP contribution in [0.2, 0.25) is 19.6 Å². The van der Waals surface area contributed by atoms with Crippen LogP contribution in [0.3, 0.4) is 0 Å². The number of amides is 1. The van der Waals surface area contributed by atoms with Crippen LogP contribution in [0.25, 0.3) is 6.08 Å². The van der Waals surface area contributed by atoms with Crippen molar-refractivity contribution in [2.75, 3.05) is 13.2 Å². The van der Waals surface area contributed by atoms with E-state index in [9.17, 15) is 4.79 Å². The number of rotatable bonds is 3. The van der Waals surface area contributed by atoms with Gasteiger partial charge in [0.15, 0.2) is 0 Å². The Kier molecular flexibility index (Phi) is 6.66. The van der Waals surface area contributed by atoms with Crippen molar-refractivity contribution in [1.29, 1.82) is 0 Å². The molecule has 1 aromatic carbocycles. The molecule has 0 saturated carbocycles. The van der Waals surface area contributed by atoms with Crippen LogP contribution in [0, 0.1) is 11.5 Å². The Hall–Kier alpha value is -2.25. The normalized spacial score (nSPS) is 17.7. The Morgan fingerprint density at radius 2 is 2.04 bits per heavy atom. The van der Waals surface area contributed by atoms with Crippen LogP contribution in [0.1, 0.15) is 18.9 Å². The third kappa shape index (κ3) is 6.28. The number of benzene rings is 1. The second-order valence-corrected chi connectivity index (χ2v) is 11.8. The summed E-state index contributed by atoms with van der Waals surface area (Å²) in [5, 5.41) is 0. The molecule has 0 spiro atoms. The van der Waals surface area contributed by atoms with Crippen molar-refractivity contribution in [3.05, 3.63) is 53.6 Å². The summed E-state index contributed by atoms with van der Waals surface area (Å²) in [4.78, 5) is 14.0. The minimum absolute atomic E-state index is 0.126. The van der Waals surface area contributed by atoms with Crippen LogP contribution in [0.5, 0.6) is 0 Å². The molecule has 0 unspecified atom stereocenters. The standard InChI is InChI=1S/C21H27NO2Si/c1-5-24-21(23)22-15-13-19(14-16-25(2,3)4)17-20(22)12-11-18-9-7-6-8-10-18/h6-12,17,20H,5,13,15H2,1-4H3/b12-11+/t20-/m1/s1. The summed E-state index contributed by atoms with van der Waals surface area (Å²) in [5.74, 6) is 3.34. The van der Waals surface area contributed by atoms with E-state index in [1.165, 1.54) is 0 Å². The van der Waals surface area contributed by atoms with Gasteiger partial charge in [-0.2, -0.15) is 0 Å². The molecule has 0 bridgehead atoms. The predicted octanol–water partition coefficient (Wildman–Crippen LogP) is 4.74. The third-order valence-corrected chi connectivity index (χ3v) is 4.61. The van der Waals surface area contributed by atoms with Crippen molar-refractivity contribution in [2.45, 2.75) is 39.0 Å². The first kappa shape index (κ1) is 19.1. The molecular weight excluding hydrogens is 326 g/mol. The van der Waals surface area contributed by atoms with Gasteiger partial charge in [0.25, 0.3) is 0 Å². The van der Waals surface area contributed by atoms with E-state index in [0.29, 0.717) is 13.2 Å². The maximum Gasteiger partial charge on any atom is 0.410 e. The molecule has 0 aromatic heterocycles. The zero-order valence-electron chi connectivity index (χ0n) is 15.6. The van der Waals surface area contributed by atoms with E-state index in [-0.39, 0.29) is 12.1 Å². The van der Waals surface area contributed by atoms with Gasteiger partial charge in [-0.1, -0.05) is 68.0 Å². The smallest absolute Gasteiger partial charge is 0.410 e. The molecule has 1 heterocycles. The zero-order chi connectivity index (χ0) is 18.3. The van der Waals surface area contributed by atoms with E-state index in [1.807, 2.05) is 49.4 Å². The topological polar surface area (TPSA) is 29.5 Å². The number of carbonyl (C=O) groups is 1. The van der Waals surface area contributed by atoms with E-state index in [1.54, 1.807) is 4.90 Å². The fourth-order valence-corrected chi connectivity index (χ4v) is 3.03. The Labute approximate surface area is 152 Å². The maximum absolute atomic E-state index is 12.3. The molecule has 1 aliphatic rings. The van der Waals surface area contributed by atoms with Gasteiger partial charge in [0.05, 0.1) is 12.6 Å². The molecular formula is C21H27NO2Si. The lowest BCUT2D eigenvalue weighted by molar-refractivity contribution is 0.102. The van der Waals surface area contributed by atoms with E-state index in [0.717, 1.165) is 17.6 Å². The SMILES string of the molecule is CCOC(=O)N1CCC(C#C[Si](C)(C)C)=C[C@H]1/C=C/c1ccccc1. The number of carbonyl (C=O) groups excluding carboxylic acids is 1. The monoisotopic (exact) mass is 353 g/mol. The average Bonchev–Trinajstić information content (AvgIpc) is 2.58. The molecule has 0 radical (unpaired) electrons. The van der Waals surface area contributed by atoms with Gasteiger partial charge in [-0.15, -0.1) is 5.54 Å². The summed E-state index contributed by atoms with van der Waals surface area (Å²) < 4.78 is 5.21. The van der Waals surface area contributed by atoms with Crippen molar-refractivity contribution in [3.63, 3.8) is 0 Å². The Morgan fingerprint density at radius 3 is 2.68 bits per heavy atom. The lowest BCUT2D eigenvalue weighted by Crippen LogP contribution is -2.41. The van der Waals surface area contributed by atoms with Crippen molar-refractivity contribution in [3.8, 4) is 11.5 Å². The van der Waals surface area contributed by atoms with E-state index >= 15 is 0 Å². The van der Waals surface area contributed by atoms with Crippen molar-refractivity contribution in [2.24, 2.45) is 0 Å². The summed E-state index contributed by atoms with van der Waals surface area (Å²) >= 11 is 0. The van der Waals surface area contributed by atoms with Crippen LogP contribution in [0.15, 0.2) is 48.1 Å². The minimum atomic E-state index is -1.41. The van der Waals surface area contributed by atoms with Crippen molar-refractivity contribution >= 4 is 20.2 Å². The van der Waals surface area contributed by atoms with Gasteiger partial charge < -0.3 is 4.74 Å². The fourth-order valence-electron chi connectivity index (χ4n) is 2.49. The van der Waals surface area contributed by atoms with Gasteiger partial charge in [-0.3, -0.25) is 4.90 Å². The molecule has 0 saturated heterocycles. The molecule has 25 heavy (non-hydrogen) atoms. The highest BCUT2D eigenvalue weighted by Gasteiger charge is 2.25. The first-order chi connectivity index (χ1) is 11.9. The highest BCUT2D eigenvalue weighted by molar-refractivity contribution is 6.83. The average molecular weight is 354 g/mol. The van der Waals surface area contributed by atoms with Crippen LogP contribution in [-0.4, -0.2) is 38.3 Å². The lowest BCUT2D eigenvalue weighted by atomic mass is 10.0.